The summed E-state index contributed by atoms with van der Waals surface area (Å²) in [6, 6.07) is 7.41. The Morgan fingerprint density at radius 2 is 2.08 bits per heavy atom. The van der Waals surface area contributed by atoms with Crippen LogP contribution in [0.3, 0.4) is 0 Å². The summed E-state index contributed by atoms with van der Waals surface area (Å²) in [5.74, 6) is 0.576. The van der Waals surface area contributed by atoms with Crippen molar-refractivity contribution in [1.82, 2.24) is 29.5 Å². The van der Waals surface area contributed by atoms with Gasteiger partial charge >= 0.3 is 0 Å². The molecule has 0 radical (unpaired) electrons. The van der Waals surface area contributed by atoms with E-state index in [1.54, 1.807) is 11.0 Å². The van der Waals surface area contributed by atoms with Crippen molar-refractivity contribution in [2.45, 2.75) is 59.2 Å². The highest BCUT2D eigenvalue weighted by Gasteiger charge is 2.36. The predicted octanol–water partition coefficient (Wildman–Crippen LogP) is 2.36. The molecule has 194 valence electrons. The number of nitrogens with one attached hydrogen (secondary N) is 1. The molecule has 10 heteroatoms. The first-order valence-corrected chi connectivity index (χ1v) is 12.7. The third kappa shape index (κ3) is 4.87. The lowest BCUT2D eigenvalue weighted by molar-refractivity contribution is -0.133. The number of hydrogen-bond acceptors (Lipinski definition) is 6. The SMILES string of the molecule is CC(=O)c1c(C)nn(CCC(=O)N2CCc3ncn4c3C2c2cccc(c2)OCCCNC(=O)C4)c1C. The van der Waals surface area contributed by atoms with Crippen LogP contribution in [0.4, 0.5) is 0 Å². The number of imidazole rings is 1. The van der Waals surface area contributed by atoms with Crippen LogP contribution in [0.1, 0.15) is 64.5 Å². The molecular formula is C27H32N6O4. The maximum absolute atomic E-state index is 13.7. The number of carbonyl (C=O) groups excluding carboxylic acids is 3. The number of benzene rings is 1. The molecule has 2 aliphatic heterocycles. The van der Waals surface area contributed by atoms with Crippen LogP contribution < -0.4 is 10.1 Å². The van der Waals surface area contributed by atoms with Crippen LogP contribution in [0.15, 0.2) is 30.6 Å². The summed E-state index contributed by atoms with van der Waals surface area (Å²) >= 11 is 0. The van der Waals surface area contributed by atoms with Crippen molar-refractivity contribution in [3.63, 3.8) is 0 Å². The zero-order valence-corrected chi connectivity index (χ0v) is 21.5. The maximum Gasteiger partial charge on any atom is 0.239 e. The van der Waals surface area contributed by atoms with Crippen molar-refractivity contribution >= 4 is 17.6 Å². The summed E-state index contributed by atoms with van der Waals surface area (Å²) in [4.78, 5) is 44.8. The quantitative estimate of drug-likeness (QED) is 0.546. The second-order valence-electron chi connectivity index (χ2n) is 9.64. The molecule has 2 bridgehead atoms. The van der Waals surface area contributed by atoms with Gasteiger partial charge in [-0.05, 0) is 44.9 Å². The summed E-state index contributed by atoms with van der Waals surface area (Å²) < 4.78 is 9.54. The van der Waals surface area contributed by atoms with Gasteiger partial charge in [0.1, 0.15) is 12.3 Å². The number of ketones is 1. The molecule has 1 N–H and O–H groups in total. The summed E-state index contributed by atoms with van der Waals surface area (Å²) in [7, 11) is 0. The molecule has 5 rings (SSSR count). The maximum atomic E-state index is 13.7. The zero-order chi connectivity index (χ0) is 26.1. The molecule has 2 amide bonds. The number of aryl methyl sites for hydroxylation is 2. The number of aromatic nitrogens is 4. The fourth-order valence-electron chi connectivity index (χ4n) is 5.42. The van der Waals surface area contributed by atoms with Gasteiger partial charge in [0.05, 0.1) is 41.6 Å². The van der Waals surface area contributed by atoms with Gasteiger partial charge < -0.3 is 19.5 Å². The van der Waals surface area contributed by atoms with E-state index in [9.17, 15) is 14.4 Å². The Balaban J connectivity index is 1.48. The number of fused-ring (bicyclic) bond motifs is 3. The van der Waals surface area contributed by atoms with Crippen LogP contribution in [0.25, 0.3) is 0 Å². The number of amides is 2. The average Bonchev–Trinajstić information content (AvgIpc) is 3.40. The second-order valence-corrected chi connectivity index (χ2v) is 9.64. The number of rotatable bonds is 4. The Hall–Kier alpha value is -3.95. The second kappa shape index (κ2) is 10.2. The van der Waals surface area contributed by atoms with E-state index in [4.69, 9.17) is 4.74 Å². The minimum atomic E-state index is -0.399. The summed E-state index contributed by atoms with van der Waals surface area (Å²) in [5, 5.41) is 7.44. The van der Waals surface area contributed by atoms with Gasteiger partial charge in [0, 0.05) is 38.2 Å². The van der Waals surface area contributed by atoms with E-state index in [0.29, 0.717) is 50.3 Å². The Kier molecular flexibility index (Phi) is 6.82. The third-order valence-electron chi connectivity index (χ3n) is 7.11. The molecule has 37 heavy (non-hydrogen) atoms. The standard InChI is InChI=1S/C27H32N6O4/c1-17-25(19(3)34)18(2)33(30-17)12-9-24(36)32-11-8-22-27-26(32)20-6-4-7-21(14-20)37-13-5-10-28-23(35)15-31(27)16-29-22/h4,6-7,14,16,26H,5,8-13,15H2,1-3H3,(H,28,35). The fraction of sp³-hybridized carbons (Fsp3) is 0.444. The van der Waals surface area contributed by atoms with E-state index < -0.39 is 6.04 Å². The number of Topliss-reactive ketones (excluding diaryl/α,β-unsaturated/α-hetero) is 1. The molecule has 1 aromatic carbocycles. The topological polar surface area (TPSA) is 111 Å². The lowest BCUT2D eigenvalue weighted by Gasteiger charge is -2.37. The Labute approximate surface area is 215 Å². The van der Waals surface area contributed by atoms with Crippen LogP contribution >= 0.6 is 0 Å². The minimum absolute atomic E-state index is 0.0274. The van der Waals surface area contributed by atoms with Crippen LogP contribution in [-0.2, 0) is 29.1 Å². The lowest BCUT2D eigenvalue weighted by atomic mass is 9.94. The lowest BCUT2D eigenvalue weighted by Crippen LogP contribution is -2.42. The highest BCUT2D eigenvalue weighted by molar-refractivity contribution is 5.96. The highest BCUT2D eigenvalue weighted by Crippen LogP contribution is 2.36. The monoisotopic (exact) mass is 504 g/mol. The average molecular weight is 505 g/mol. The van der Waals surface area contributed by atoms with E-state index in [1.807, 2.05) is 47.6 Å². The van der Waals surface area contributed by atoms with E-state index in [0.717, 1.165) is 28.4 Å². The molecule has 2 aromatic heterocycles. The Bertz CT molecular complexity index is 1360. The van der Waals surface area contributed by atoms with Crippen molar-refractivity contribution in [3.05, 3.63) is 64.5 Å². The van der Waals surface area contributed by atoms with Gasteiger partial charge in [0.25, 0.3) is 0 Å². The van der Waals surface area contributed by atoms with Crippen molar-refractivity contribution < 1.29 is 19.1 Å². The fourth-order valence-corrected chi connectivity index (χ4v) is 5.42. The molecule has 0 saturated carbocycles. The Morgan fingerprint density at radius 3 is 2.86 bits per heavy atom. The number of hydrogen-bond donors (Lipinski definition) is 1. The first kappa shape index (κ1) is 24.7. The normalized spacial score (nSPS) is 17.5. The number of nitrogens with zero attached hydrogens (tertiary/aromatic N) is 5. The number of carbonyl (C=O) groups is 3. The molecule has 0 fully saturated rings. The molecule has 0 spiro atoms. The molecule has 4 heterocycles. The van der Waals surface area contributed by atoms with Crippen LogP contribution in [0.5, 0.6) is 5.75 Å². The predicted molar refractivity (Wildman–Crippen MR) is 135 cm³/mol. The minimum Gasteiger partial charge on any atom is -0.494 e. The van der Waals surface area contributed by atoms with Gasteiger partial charge in [-0.25, -0.2) is 4.98 Å². The van der Waals surface area contributed by atoms with Gasteiger partial charge in [-0.15, -0.1) is 0 Å². The van der Waals surface area contributed by atoms with Crippen molar-refractivity contribution in [2.24, 2.45) is 0 Å². The van der Waals surface area contributed by atoms with E-state index in [1.165, 1.54) is 6.92 Å². The van der Waals surface area contributed by atoms with Crippen LogP contribution in [-0.4, -0.2) is 61.5 Å². The molecule has 0 saturated heterocycles. The van der Waals surface area contributed by atoms with Crippen LogP contribution in [0.2, 0.25) is 0 Å². The zero-order valence-electron chi connectivity index (χ0n) is 21.5. The van der Waals surface area contributed by atoms with Gasteiger partial charge in [-0.2, -0.15) is 5.10 Å². The van der Waals surface area contributed by atoms with Crippen molar-refractivity contribution in [3.8, 4) is 5.75 Å². The largest absolute Gasteiger partial charge is 0.494 e. The van der Waals surface area contributed by atoms with E-state index in [2.05, 4.69) is 15.4 Å². The number of ether oxygens (including phenoxy) is 1. The summed E-state index contributed by atoms with van der Waals surface area (Å²) in [6.07, 6.45) is 3.24. The Morgan fingerprint density at radius 1 is 1.24 bits per heavy atom. The molecule has 1 unspecified atom stereocenters. The van der Waals surface area contributed by atoms with Crippen molar-refractivity contribution in [1.29, 1.82) is 0 Å². The molecule has 3 aromatic rings. The molecule has 10 nitrogen and oxygen atoms in total. The summed E-state index contributed by atoms with van der Waals surface area (Å²) in [6.45, 7) is 7.25. The van der Waals surface area contributed by atoms with Gasteiger partial charge in [-0.3, -0.25) is 19.1 Å². The molecule has 2 aliphatic rings. The third-order valence-corrected chi connectivity index (χ3v) is 7.11. The van der Waals surface area contributed by atoms with E-state index in [-0.39, 0.29) is 30.6 Å². The van der Waals surface area contributed by atoms with Gasteiger partial charge in [0.2, 0.25) is 11.8 Å². The van der Waals surface area contributed by atoms with Gasteiger partial charge in [-0.1, -0.05) is 12.1 Å². The van der Waals surface area contributed by atoms with E-state index >= 15 is 0 Å². The molecule has 0 aliphatic carbocycles. The molecular weight excluding hydrogens is 472 g/mol. The van der Waals surface area contributed by atoms with Gasteiger partial charge in [0.15, 0.2) is 5.78 Å². The summed E-state index contributed by atoms with van der Waals surface area (Å²) in [5.41, 5.74) is 4.73. The van der Waals surface area contributed by atoms with Crippen molar-refractivity contribution in [2.75, 3.05) is 19.7 Å². The smallest absolute Gasteiger partial charge is 0.239 e. The highest BCUT2D eigenvalue weighted by atomic mass is 16.5. The first-order valence-electron chi connectivity index (χ1n) is 12.7. The first-order chi connectivity index (χ1) is 17.8. The van der Waals surface area contributed by atoms with Crippen LogP contribution in [0, 0.1) is 13.8 Å². The molecule has 1 atom stereocenters.